The van der Waals surface area contributed by atoms with Gasteiger partial charge in [0.05, 0.1) is 26.8 Å². The molecule has 0 atom stereocenters. The van der Waals surface area contributed by atoms with E-state index >= 15 is 0 Å². The number of aryl methyl sites for hydroxylation is 1. The zero-order valence-electron chi connectivity index (χ0n) is 14.9. The lowest BCUT2D eigenvalue weighted by molar-refractivity contribution is 0.324. The van der Waals surface area contributed by atoms with Gasteiger partial charge in [-0.3, -0.25) is 4.98 Å². The molecule has 0 radical (unpaired) electrons. The molecule has 0 saturated carbocycles. The summed E-state index contributed by atoms with van der Waals surface area (Å²) in [5.74, 6) is 1.89. The molecule has 0 amide bonds. The molecule has 3 aromatic rings. The van der Waals surface area contributed by atoms with E-state index in [1.807, 2.05) is 30.5 Å². The van der Waals surface area contributed by atoms with Crippen LogP contribution in [-0.4, -0.2) is 26.3 Å². The minimum absolute atomic E-state index is 0.596. The van der Waals surface area contributed by atoms with Crippen LogP contribution in [0.3, 0.4) is 0 Å². The van der Waals surface area contributed by atoms with Gasteiger partial charge in [-0.05, 0) is 42.8 Å². The summed E-state index contributed by atoms with van der Waals surface area (Å²) in [6.45, 7) is 2.71. The Bertz CT molecular complexity index is 868. The van der Waals surface area contributed by atoms with Gasteiger partial charge in [-0.1, -0.05) is 11.6 Å². The fourth-order valence-electron chi connectivity index (χ4n) is 2.85. The van der Waals surface area contributed by atoms with Crippen LogP contribution in [0.5, 0.6) is 17.2 Å². The van der Waals surface area contributed by atoms with Gasteiger partial charge >= 0.3 is 0 Å². The molecule has 0 fully saturated rings. The summed E-state index contributed by atoms with van der Waals surface area (Å²) in [4.78, 5) is 4.42. The highest BCUT2D eigenvalue weighted by atomic mass is 16.5. The predicted molar refractivity (Wildman–Crippen MR) is 99.9 cm³/mol. The zero-order chi connectivity index (χ0) is 17.8. The first kappa shape index (κ1) is 16.9. The van der Waals surface area contributed by atoms with E-state index in [2.05, 4.69) is 29.4 Å². The Morgan fingerprint density at radius 3 is 2.28 bits per heavy atom. The topological polar surface area (TPSA) is 52.6 Å². The van der Waals surface area contributed by atoms with E-state index in [1.54, 1.807) is 21.3 Å². The molecule has 0 bridgehead atoms. The van der Waals surface area contributed by atoms with Crippen LogP contribution in [0.25, 0.3) is 10.9 Å². The number of benzene rings is 2. The van der Waals surface area contributed by atoms with Gasteiger partial charge in [-0.15, -0.1) is 0 Å². The maximum Gasteiger partial charge on any atom is 0.203 e. The molecule has 0 unspecified atom stereocenters. The molecule has 3 rings (SSSR count). The van der Waals surface area contributed by atoms with Crippen molar-refractivity contribution in [3.8, 4) is 17.2 Å². The lowest BCUT2D eigenvalue weighted by Crippen LogP contribution is -2.03. The molecule has 25 heavy (non-hydrogen) atoms. The van der Waals surface area contributed by atoms with Crippen LogP contribution in [0.15, 0.2) is 42.6 Å². The summed E-state index contributed by atoms with van der Waals surface area (Å²) in [5.41, 5.74) is 4.26. The third-order valence-corrected chi connectivity index (χ3v) is 4.10. The van der Waals surface area contributed by atoms with Crippen LogP contribution in [-0.2, 0) is 6.54 Å². The number of rotatable bonds is 6. The van der Waals surface area contributed by atoms with Crippen molar-refractivity contribution in [3.63, 3.8) is 0 Å². The van der Waals surface area contributed by atoms with E-state index in [0.717, 1.165) is 22.2 Å². The number of aromatic nitrogens is 1. The van der Waals surface area contributed by atoms with E-state index in [0.29, 0.717) is 23.8 Å². The highest BCUT2D eigenvalue weighted by Crippen LogP contribution is 2.38. The fourth-order valence-corrected chi connectivity index (χ4v) is 2.85. The molecule has 2 aromatic carbocycles. The second-order valence-corrected chi connectivity index (χ2v) is 5.77. The monoisotopic (exact) mass is 338 g/mol. The molecule has 1 aromatic heterocycles. The normalized spacial score (nSPS) is 10.6. The standard InChI is InChI=1S/C20H22N2O3/c1-13-5-6-16-15(9-13)17(7-8-21-16)22-12-14-10-18(23-2)20(25-4)19(11-14)24-3/h5-11H,12H2,1-4H3,(H,21,22). The third kappa shape index (κ3) is 3.45. The van der Waals surface area contributed by atoms with E-state index in [4.69, 9.17) is 14.2 Å². The van der Waals surface area contributed by atoms with Crippen molar-refractivity contribution in [2.45, 2.75) is 13.5 Å². The molecule has 0 aliphatic heterocycles. The Morgan fingerprint density at radius 2 is 1.64 bits per heavy atom. The van der Waals surface area contributed by atoms with Gasteiger partial charge in [0.1, 0.15) is 0 Å². The van der Waals surface area contributed by atoms with Crippen molar-refractivity contribution >= 4 is 16.6 Å². The Labute approximate surface area is 147 Å². The number of ether oxygens (including phenoxy) is 3. The van der Waals surface area contributed by atoms with Gasteiger partial charge in [-0.2, -0.15) is 0 Å². The number of pyridine rings is 1. The Kier molecular flexibility index (Phi) is 4.93. The van der Waals surface area contributed by atoms with Gasteiger partial charge in [0.2, 0.25) is 5.75 Å². The molecule has 5 nitrogen and oxygen atoms in total. The van der Waals surface area contributed by atoms with Crippen LogP contribution < -0.4 is 19.5 Å². The van der Waals surface area contributed by atoms with E-state index in [-0.39, 0.29) is 0 Å². The zero-order valence-corrected chi connectivity index (χ0v) is 14.9. The molecule has 1 heterocycles. The van der Waals surface area contributed by atoms with Crippen LogP contribution in [0.1, 0.15) is 11.1 Å². The molecule has 130 valence electrons. The summed E-state index contributed by atoms with van der Waals surface area (Å²) < 4.78 is 16.2. The van der Waals surface area contributed by atoms with E-state index in [1.165, 1.54) is 5.56 Å². The summed E-state index contributed by atoms with van der Waals surface area (Å²) in [6.07, 6.45) is 1.81. The number of nitrogens with one attached hydrogen (secondary N) is 1. The molecule has 5 heteroatoms. The smallest absolute Gasteiger partial charge is 0.203 e. The van der Waals surface area contributed by atoms with Crippen LogP contribution in [0.2, 0.25) is 0 Å². The molecule has 0 spiro atoms. The third-order valence-electron chi connectivity index (χ3n) is 4.10. The maximum atomic E-state index is 5.41. The molecular formula is C20H22N2O3. The molecule has 0 aliphatic carbocycles. The maximum absolute atomic E-state index is 5.41. The molecule has 1 N–H and O–H groups in total. The highest BCUT2D eigenvalue weighted by Gasteiger charge is 2.13. The summed E-state index contributed by atoms with van der Waals surface area (Å²) >= 11 is 0. The number of methoxy groups -OCH3 is 3. The Hall–Kier alpha value is -2.95. The first-order chi connectivity index (χ1) is 12.2. The van der Waals surface area contributed by atoms with Gasteiger partial charge < -0.3 is 19.5 Å². The first-order valence-electron chi connectivity index (χ1n) is 8.04. The van der Waals surface area contributed by atoms with Crippen molar-refractivity contribution in [3.05, 3.63) is 53.7 Å². The predicted octanol–water partition coefficient (Wildman–Crippen LogP) is 4.18. The van der Waals surface area contributed by atoms with Crippen LogP contribution in [0.4, 0.5) is 5.69 Å². The van der Waals surface area contributed by atoms with E-state index in [9.17, 15) is 0 Å². The van der Waals surface area contributed by atoms with Crippen molar-refractivity contribution in [2.75, 3.05) is 26.6 Å². The molecular weight excluding hydrogens is 316 g/mol. The second kappa shape index (κ2) is 7.30. The van der Waals surface area contributed by atoms with Gasteiger partial charge in [0, 0.05) is 23.8 Å². The summed E-state index contributed by atoms with van der Waals surface area (Å²) in [6, 6.07) is 12.1. The van der Waals surface area contributed by atoms with Gasteiger partial charge in [-0.25, -0.2) is 0 Å². The number of hydrogen-bond acceptors (Lipinski definition) is 5. The quantitative estimate of drug-likeness (QED) is 0.731. The highest BCUT2D eigenvalue weighted by molar-refractivity contribution is 5.91. The second-order valence-electron chi connectivity index (χ2n) is 5.77. The van der Waals surface area contributed by atoms with Crippen LogP contribution >= 0.6 is 0 Å². The molecule has 0 saturated heterocycles. The number of hydrogen-bond donors (Lipinski definition) is 1. The lowest BCUT2D eigenvalue weighted by Gasteiger charge is -2.15. The minimum Gasteiger partial charge on any atom is -0.493 e. The van der Waals surface area contributed by atoms with Crippen molar-refractivity contribution in [1.82, 2.24) is 4.98 Å². The molecule has 0 aliphatic rings. The Morgan fingerprint density at radius 1 is 0.920 bits per heavy atom. The average Bonchev–Trinajstić information content (AvgIpc) is 2.65. The average molecular weight is 338 g/mol. The summed E-state index contributed by atoms with van der Waals surface area (Å²) in [7, 11) is 4.84. The van der Waals surface area contributed by atoms with Crippen molar-refractivity contribution < 1.29 is 14.2 Å². The van der Waals surface area contributed by atoms with Crippen LogP contribution in [0, 0.1) is 6.92 Å². The lowest BCUT2D eigenvalue weighted by atomic mass is 10.1. The Balaban J connectivity index is 1.90. The first-order valence-corrected chi connectivity index (χ1v) is 8.04. The number of anilines is 1. The number of nitrogens with zero attached hydrogens (tertiary/aromatic N) is 1. The van der Waals surface area contributed by atoms with Gasteiger partial charge in [0.15, 0.2) is 11.5 Å². The van der Waals surface area contributed by atoms with Crippen molar-refractivity contribution in [1.29, 1.82) is 0 Å². The number of fused-ring (bicyclic) bond motifs is 1. The fraction of sp³-hybridized carbons (Fsp3) is 0.250. The van der Waals surface area contributed by atoms with E-state index < -0.39 is 0 Å². The largest absolute Gasteiger partial charge is 0.493 e. The summed E-state index contributed by atoms with van der Waals surface area (Å²) in [5, 5.41) is 4.59. The SMILES string of the molecule is COc1cc(CNc2ccnc3ccc(C)cc23)cc(OC)c1OC. The van der Waals surface area contributed by atoms with Gasteiger partial charge in [0.25, 0.3) is 0 Å². The van der Waals surface area contributed by atoms with Crippen molar-refractivity contribution in [2.24, 2.45) is 0 Å². The minimum atomic E-state index is 0.596.